The lowest BCUT2D eigenvalue weighted by Gasteiger charge is -2.52. The molecule has 2 rings (SSSR count). The van der Waals surface area contributed by atoms with Crippen LogP contribution in [-0.2, 0) is 0 Å². The van der Waals surface area contributed by atoms with Gasteiger partial charge in [-0.25, -0.2) is 0 Å². The fraction of sp³-hybridized carbons (Fsp3) is 0.929. The van der Waals surface area contributed by atoms with Crippen molar-refractivity contribution < 1.29 is 0 Å². The summed E-state index contributed by atoms with van der Waals surface area (Å²) in [6.45, 7) is 9.53. The maximum atomic E-state index is 8.82. The van der Waals surface area contributed by atoms with E-state index in [9.17, 15) is 0 Å². The summed E-state index contributed by atoms with van der Waals surface area (Å²) in [6, 6.07) is 3.15. The quantitative estimate of drug-likeness (QED) is 0.714. The number of hydrogen-bond donors (Lipinski definition) is 0. The van der Waals surface area contributed by atoms with E-state index in [4.69, 9.17) is 5.26 Å². The Labute approximate surface area is 99.6 Å². The molecule has 2 nitrogen and oxygen atoms in total. The van der Waals surface area contributed by atoms with E-state index in [1.807, 2.05) is 0 Å². The number of nitrogens with zero attached hydrogens (tertiary/aromatic N) is 2. The predicted octanol–water partition coefficient (Wildman–Crippen LogP) is 3.19. The molecule has 1 aliphatic carbocycles. The van der Waals surface area contributed by atoms with Gasteiger partial charge in [-0.2, -0.15) is 5.26 Å². The van der Waals surface area contributed by atoms with Gasteiger partial charge in [-0.1, -0.05) is 20.8 Å². The lowest BCUT2D eigenvalue weighted by Crippen LogP contribution is -2.58. The van der Waals surface area contributed by atoms with Gasteiger partial charge >= 0.3 is 0 Å². The first-order chi connectivity index (χ1) is 7.44. The third kappa shape index (κ3) is 2.40. The molecule has 0 N–H and O–H groups in total. The summed E-state index contributed by atoms with van der Waals surface area (Å²) in [6.07, 6.45) is 5.82. The normalized spacial score (nSPS) is 38.8. The molecule has 1 saturated heterocycles. The molecule has 0 aromatic carbocycles. The monoisotopic (exact) mass is 220 g/mol. The van der Waals surface area contributed by atoms with Crippen molar-refractivity contribution in [2.75, 3.05) is 13.1 Å². The molecule has 1 heterocycles. The van der Waals surface area contributed by atoms with Gasteiger partial charge in [0.05, 0.1) is 6.07 Å². The minimum atomic E-state index is 0.311. The Morgan fingerprint density at radius 1 is 1.19 bits per heavy atom. The van der Waals surface area contributed by atoms with Gasteiger partial charge in [0.2, 0.25) is 0 Å². The molecule has 0 spiro atoms. The van der Waals surface area contributed by atoms with Crippen molar-refractivity contribution in [2.24, 2.45) is 10.8 Å². The minimum Gasteiger partial charge on any atom is -0.299 e. The molecular formula is C14H24N2. The maximum absolute atomic E-state index is 8.82. The van der Waals surface area contributed by atoms with Crippen molar-refractivity contribution >= 4 is 0 Å². The molecule has 0 unspecified atom stereocenters. The highest BCUT2D eigenvalue weighted by atomic mass is 15.2. The molecule has 1 aliphatic heterocycles. The summed E-state index contributed by atoms with van der Waals surface area (Å²) < 4.78 is 0. The Balaban J connectivity index is 1.81. The van der Waals surface area contributed by atoms with Crippen LogP contribution in [0.5, 0.6) is 0 Å². The summed E-state index contributed by atoms with van der Waals surface area (Å²) in [5, 5.41) is 8.82. The van der Waals surface area contributed by atoms with Crippen molar-refractivity contribution in [3.8, 4) is 6.07 Å². The Kier molecular flexibility index (Phi) is 3.01. The van der Waals surface area contributed by atoms with Crippen molar-refractivity contribution in [1.29, 1.82) is 5.26 Å². The van der Waals surface area contributed by atoms with E-state index in [1.165, 1.54) is 38.8 Å². The number of hydrogen-bond acceptors (Lipinski definition) is 2. The summed E-state index contributed by atoms with van der Waals surface area (Å²) in [5.74, 6) is 0. The topological polar surface area (TPSA) is 27.0 Å². The maximum Gasteiger partial charge on any atom is 0.0627 e. The molecular weight excluding hydrogens is 196 g/mol. The third-order valence-electron chi connectivity index (χ3n) is 4.45. The predicted molar refractivity (Wildman–Crippen MR) is 65.9 cm³/mol. The van der Waals surface area contributed by atoms with Crippen molar-refractivity contribution in [3.05, 3.63) is 0 Å². The number of rotatable bonds is 2. The molecule has 0 aromatic rings. The molecule has 0 aromatic heterocycles. The number of nitriles is 1. The average Bonchev–Trinajstić information content (AvgIpc) is 2.15. The smallest absolute Gasteiger partial charge is 0.0627 e. The van der Waals surface area contributed by atoms with Gasteiger partial charge < -0.3 is 0 Å². The zero-order valence-electron chi connectivity index (χ0n) is 10.9. The zero-order valence-corrected chi connectivity index (χ0v) is 10.9. The Morgan fingerprint density at radius 2 is 1.75 bits per heavy atom. The van der Waals surface area contributed by atoms with E-state index in [1.54, 1.807) is 0 Å². The molecule has 1 saturated carbocycles. The van der Waals surface area contributed by atoms with Crippen LogP contribution >= 0.6 is 0 Å². The summed E-state index contributed by atoms with van der Waals surface area (Å²) in [5.41, 5.74) is 0.860. The van der Waals surface area contributed by atoms with Gasteiger partial charge in [-0.15, -0.1) is 0 Å². The highest BCUT2D eigenvalue weighted by Gasteiger charge is 2.41. The van der Waals surface area contributed by atoms with Crippen LogP contribution in [0.2, 0.25) is 0 Å². The van der Waals surface area contributed by atoms with Crippen LogP contribution in [0.1, 0.15) is 52.9 Å². The summed E-state index contributed by atoms with van der Waals surface area (Å²) >= 11 is 0. The molecule has 2 heteroatoms. The van der Waals surface area contributed by atoms with Crippen LogP contribution in [0.25, 0.3) is 0 Å². The van der Waals surface area contributed by atoms with E-state index >= 15 is 0 Å². The van der Waals surface area contributed by atoms with Gasteiger partial charge in [0.1, 0.15) is 0 Å². The lowest BCUT2D eigenvalue weighted by molar-refractivity contribution is -0.0299. The van der Waals surface area contributed by atoms with Gasteiger partial charge in [0, 0.05) is 25.6 Å². The molecule has 16 heavy (non-hydrogen) atoms. The first-order valence-electron chi connectivity index (χ1n) is 6.55. The van der Waals surface area contributed by atoms with E-state index in [2.05, 4.69) is 31.7 Å². The molecule has 90 valence electrons. The van der Waals surface area contributed by atoms with Gasteiger partial charge in [-0.05, 0) is 36.5 Å². The van der Waals surface area contributed by atoms with Crippen LogP contribution in [0.3, 0.4) is 0 Å². The van der Waals surface area contributed by atoms with E-state index < -0.39 is 0 Å². The molecule has 0 bridgehead atoms. The lowest BCUT2D eigenvalue weighted by atomic mass is 9.70. The van der Waals surface area contributed by atoms with Crippen LogP contribution in [0, 0.1) is 22.2 Å². The standard InChI is InChI=1S/C14H24N2/c1-13(2)10-16(11-13)12-4-6-14(3,7-5-12)8-9-15/h12H,4-8,10-11H2,1-3H3/t12-,14+. The van der Waals surface area contributed by atoms with Crippen LogP contribution < -0.4 is 0 Å². The second-order valence-corrected chi connectivity index (χ2v) is 6.95. The first-order valence-corrected chi connectivity index (χ1v) is 6.55. The summed E-state index contributed by atoms with van der Waals surface area (Å²) in [7, 11) is 0. The first kappa shape index (κ1) is 11.9. The zero-order chi connectivity index (χ0) is 11.8. The van der Waals surface area contributed by atoms with E-state index in [0.717, 1.165) is 12.5 Å². The molecule has 0 amide bonds. The Bertz CT molecular complexity index is 284. The third-order valence-corrected chi connectivity index (χ3v) is 4.45. The highest BCUT2D eigenvalue weighted by molar-refractivity contribution is 4.96. The second kappa shape index (κ2) is 4.04. The highest BCUT2D eigenvalue weighted by Crippen LogP contribution is 2.42. The van der Waals surface area contributed by atoms with Crippen LogP contribution in [0.4, 0.5) is 0 Å². The van der Waals surface area contributed by atoms with Crippen LogP contribution in [-0.4, -0.2) is 24.0 Å². The molecule has 2 fully saturated rings. The van der Waals surface area contributed by atoms with Crippen molar-refractivity contribution in [2.45, 2.75) is 58.9 Å². The van der Waals surface area contributed by atoms with Gasteiger partial charge in [0.25, 0.3) is 0 Å². The van der Waals surface area contributed by atoms with Crippen molar-refractivity contribution in [3.63, 3.8) is 0 Å². The van der Waals surface area contributed by atoms with Crippen LogP contribution in [0.15, 0.2) is 0 Å². The molecule has 2 aliphatic rings. The molecule has 0 radical (unpaired) electrons. The minimum absolute atomic E-state index is 0.311. The summed E-state index contributed by atoms with van der Waals surface area (Å²) in [4.78, 5) is 2.64. The van der Waals surface area contributed by atoms with Gasteiger partial charge in [0.15, 0.2) is 0 Å². The SMILES string of the molecule is CC1(C)CN([C@H]2CC[C@@](C)(CC#N)CC2)C1. The fourth-order valence-electron chi connectivity index (χ4n) is 3.34. The van der Waals surface area contributed by atoms with Crippen molar-refractivity contribution in [1.82, 2.24) is 4.90 Å². The average molecular weight is 220 g/mol. The Hall–Kier alpha value is -0.550. The van der Waals surface area contributed by atoms with E-state index in [0.29, 0.717) is 10.8 Å². The molecule has 0 atom stereocenters. The Morgan fingerprint density at radius 3 is 2.19 bits per heavy atom. The van der Waals surface area contributed by atoms with Gasteiger partial charge in [-0.3, -0.25) is 4.90 Å². The van der Waals surface area contributed by atoms with E-state index in [-0.39, 0.29) is 0 Å². The second-order valence-electron chi connectivity index (χ2n) is 6.95. The fourth-order valence-corrected chi connectivity index (χ4v) is 3.34. The largest absolute Gasteiger partial charge is 0.299 e. The number of likely N-dealkylation sites (tertiary alicyclic amines) is 1.